The van der Waals surface area contributed by atoms with E-state index in [0.717, 1.165) is 43.6 Å². The summed E-state index contributed by atoms with van der Waals surface area (Å²) < 4.78 is 13.0. The van der Waals surface area contributed by atoms with Gasteiger partial charge in [-0.15, -0.1) is 0 Å². The molecule has 4 rings (SSSR count). The van der Waals surface area contributed by atoms with Crippen molar-refractivity contribution in [2.75, 3.05) is 26.2 Å². The number of benzene rings is 2. The summed E-state index contributed by atoms with van der Waals surface area (Å²) >= 11 is 0. The maximum Gasteiger partial charge on any atom is 0.254 e. The largest absolute Gasteiger partial charge is 0.387 e. The number of nitriles is 1. The molecule has 0 bridgehead atoms. The van der Waals surface area contributed by atoms with Crippen LogP contribution < -0.4 is 0 Å². The highest BCUT2D eigenvalue weighted by molar-refractivity contribution is 5.98. The molecular formula is C23H24FN3O2. The van der Waals surface area contributed by atoms with Crippen molar-refractivity contribution in [1.29, 1.82) is 5.26 Å². The van der Waals surface area contributed by atoms with Crippen molar-refractivity contribution in [3.8, 4) is 6.07 Å². The number of amides is 1. The highest BCUT2D eigenvalue weighted by atomic mass is 19.1. The molecule has 1 saturated heterocycles. The summed E-state index contributed by atoms with van der Waals surface area (Å²) in [7, 11) is 0. The molecule has 0 spiro atoms. The van der Waals surface area contributed by atoms with Gasteiger partial charge in [0.1, 0.15) is 5.82 Å². The van der Waals surface area contributed by atoms with Gasteiger partial charge in [-0.3, -0.25) is 4.79 Å². The Labute approximate surface area is 170 Å². The molecule has 2 aromatic carbocycles. The highest BCUT2D eigenvalue weighted by Gasteiger charge is 2.31. The van der Waals surface area contributed by atoms with Gasteiger partial charge in [0.25, 0.3) is 5.91 Å². The van der Waals surface area contributed by atoms with E-state index in [1.807, 2.05) is 11.0 Å². The van der Waals surface area contributed by atoms with E-state index in [4.69, 9.17) is 5.26 Å². The van der Waals surface area contributed by atoms with Crippen LogP contribution in [0.4, 0.5) is 4.39 Å². The Kier molecular flexibility index (Phi) is 5.61. The molecule has 0 saturated carbocycles. The van der Waals surface area contributed by atoms with Crippen LogP contribution in [0.3, 0.4) is 0 Å². The SMILES string of the molecule is N#Cc1ccc2c(c1)CN(CC1CCN(CC(O)c3ccc(F)cc3)CC1)C2=O. The van der Waals surface area contributed by atoms with Crippen molar-refractivity contribution in [1.82, 2.24) is 9.80 Å². The number of β-amino-alcohol motifs (C(OH)–C–C–N with tert-alkyl or cyclic N) is 1. The van der Waals surface area contributed by atoms with Crippen molar-refractivity contribution in [2.45, 2.75) is 25.5 Å². The number of fused-ring (bicyclic) bond motifs is 1. The number of rotatable bonds is 5. The Hall–Kier alpha value is -2.75. The van der Waals surface area contributed by atoms with Crippen molar-refractivity contribution in [2.24, 2.45) is 5.92 Å². The summed E-state index contributed by atoms with van der Waals surface area (Å²) in [4.78, 5) is 16.7. The predicted molar refractivity (Wildman–Crippen MR) is 106 cm³/mol. The van der Waals surface area contributed by atoms with Crippen LogP contribution in [0.5, 0.6) is 0 Å². The van der Waals surface area contributed by atoms with E-state index in [2.05, 4.69) is 11.0 Å². The summed E-state index contributed by atoms with van der Waals surface area (Å²) in [6.07, 6.45) is 1.32. The molecule has 150 valence electrons. The van der Waals surface area contributed by atoms with Gasteiger partial charge < -0.3 is 14.9 Å². The number of aliphatic hydroxyl groups excluding tert-OH is 1. The standard InChI is InChI=1S/C23H24FN3O2/c24-20-4-2-18(3-5-20)22(28)15-26-9-7-16(8-10-26)13-27-14-19-11-17(12-25)1-6-21(19)23(27)29/h1-6,11,16,22,28H,7-10,13-15H2. The van der Waals surface area contributed by atoms with Gasteiger partial charge in [-0.05, 0) is 73.3 Å². The second-order valence-corrected chi connectivity index (χ2v) is 7.98. The van der Waals surface area contributed by atoms with Crippen molar-refractivity contribution < 1.29 is 14.3 Å². The van der Waals surface area contributed by atoms with Crippen LogP contribution in [0, 0.1) is 23.1 Å². The van der Waals surface area contributed by atoms with E-state index < -0.39 is 6.10 Å². The van der Waals surface area contributed by atoms with E-state index in [1.165, 1.54) is 12.1 Å². The van der Waals surface area contributed by atoms with E-state index in [-0.39, 0.29) is 11.7 Å². The van der Waals surface area contributed by atoms with Crippen LogP contribution in [-0.2, 0) is 6.54 Å². The number of hydrogen-bond donors (Lipinski definition) is 1. The Morgan fingerprint density at radius 3 is 2.59 bits per heavy atom. The van der Waals surface area contributed by atoms with Gasteiger partial charge in [-0.25, -0.2) is 4.39 Å². The van der Waals surface area contributed by atoms with Gasteiger partial charge in [0.15, 0.2) is 0 Å². The lowest BCUT2D eigenvalue weighted by atomic mass is 9.95. The zero-order valence-electron chi connectivity index (χ0n) is 16.2. The van der Waals surface area contributed by atoms with E-state index in [9.17, 15) is 14.3 Å². The van der Waals surface area contributed by atoms with Gasteiger partial charge in [-0.1, -0.05) is 12.1 Å². The van der Waals surface area contributed by atoms with Crippen LogP contribution >= 0.6 is 0 Å². The average Bonchev–Trinajstić information content (AvgIpc) is 3.04. The van der Waals surface area contributed by atoms with Crippen molar-refractivity contribution >= 4 is 5.91 Å². The van der Waals surface area contributed by atoms with E-state index in [0.29, 0.717) is 30.1 Å². The third kappa shape index (κ3) is 4.31. The van der Waals surface area contributed by atoms with Crippen LogP contribution in [-0.4, -0.2) is 47.0 Å². The van der Waals surface area contributed by atoms with Gasteiger partial charge in [0, 0.05) is 25.2 Å². The van der Waals surface area contributed by atoms with Gasteiger partial charge in [-0.2, -0.15) is 5.26 Å². The predicted octanol–water partition coefficient (Wildman–Crippen LogP) is 3.10. The summed E-state index contributed by atoms with van der Waals surface area (Å²) in [6, 6.07) is 13.4. The second kappa shape index (κ2) is 8.32. The molecule has 1 N–H and O–H groups in total. The number of likely N-dealkylation sites (tertiary alicyclic amines) is 1. The molecule has 0 radical (unpaired) electrons. The molecule has 1 unspecified atom stereocenters. The minimum Gasteiger partial charge on any atom is -0.387 e. The molecule has 29 heavy (non-hydrogen) atoms. The molecule has 1 atom stereocenters. The summed E-state index contributed by atoms with van der Waals surface area (Å²) in [5, 5.41) is 19.4. The van der Waals surface area contributed by atoms with Crippen LogP contribution in [0.25, 0.3) is 0 Å². The van der Waals surface area contributed by atoms with Gasteiger partial charge in [0.2, 0.25) is 0 Å². The summed E-state index contributed by atoms with van der Waals surface area (Å²) in [5.74, 6) is 0.186. The minimum absolute atomic E-state index is 0.0543. The molecule has 0 aliphatic carbocycles. The minimum atomic E-state index is -0.629. The van der Waals surface area contributed by atoms with Crippen LogP contribution in [0.2, 0.25) is 0 Å². The Bertz CT molecular complexity index is 930. The molecule has 0 aromatic heterocycles. The lowest BCUT2D eigenvalue weighted by Crippen LogP contribution is -2.40. The summed E-state index contributed by atoms with van der Waals surface area (Å²) in [6.45, 7) is 3.58. The summed E-state index contributed by atoms with van der Waals surface area (Å²) in [5.41, 5.74) is 2.97. The molecule has 5 nitrogen and oxygen atoms in total. The van der Waals surface area contributed by atoms with E-state index >= 15 is 0 Å². The normalized spacial score (nSPS) is 18.5. The van der Waals surface area contributed by atoms with Crippen molar-refractivity contribution in [3.05, 3.63) is 70.5 Å². The second-order valence-electron chi connectivity index (χ2n) is 7.98. The fourth-order valence-corrected chi connectivity index (χ4v) is 4.30. The molecule has 1 fully saturated rings. The number of carbonyl (C=O) groups is 1. The quantitative estimate of drug-likeness (QED) is 0.848. The number of nitrogens with zero attached hydrogens (tertiary/aromatic N) is 3. The Morgan fingerprint density at radius 2 is 1.90 bits per heavy atom. The lowest BCUT2D eigenvalue weighted by Gasteiger charge is -2.34. The average molecular weight is 393 g/mol. The maximum absolute atomic E-state index is 13.0. The molecular weight excluding hydrogens is 369 g/mol. The maximum atomic E-state index is 13.0. The monoisotopic (exact) mass is 393 g/mol. The zero-order valence-corrected chi connectivity index (χ0v) is 16.2. The fourth-order valence-electron chi connectivity index (χ4n) is 4.30. The molecule has 1 amide bonds. The third-order valence-electron chi connectivity index (χ3n) is 5.98. The molecule has 2 aliphatic rings. The smallest absolute Gasteiger partial charge is 0.254 e. The van der Waals surface area contributed by atoms with Crippen LogP contribution in [0.15, 0.2) is 42.5 Å². The van der Waals surface area contributed by atoms with E-state index in [1.54, 1.807) is 24.3 Å². The van der Waals surface area contributed by atoms with Gasteiger partial charge >= 0.3 is 0 Å². The molecule has 2 aliphatic heterocycles. The number of halogens is 1. The molecule has 2 aromatic rings. The first kappa shape index (κ1) is 19.6. The Balaban J connectivity index is 1.28. The number of aliphatic hydroxyl groups is 1. The molecule has 6 heteroatoms. The highest BCUT2D eigenvalue weighted by Crippen LogP contribution is 2.28. The number of piperidine rings is 1. The number of carbonyl (C=O) groups excluding carboxylic acids is 1. The van der Waals surface area contributed by atoms with Crippen molar-refractivity contribution in [3.63, 3.8) is 0 Å². The number of hydrogen-bond acceptors (Lipinski definition) is 4. The van der Waals surface area contributed by atoms with Gasteiger partial charge in [0.05, 0.1) is 17.7 Å². The van der Waals surface area contributed by atoms with Crippen LogP contribution in [0.1, 0.15) is 46.0 Å². The molecule has 2 heterocycles. The first-order valence-corrected chi connectivity index (χ1v) is 10.0. The first-order chi connectivity index (χ1) is 14.0. The lowest BCUT2D eigenvalue weighted by molar-refractivity contribution is 0.0654. The fraction of sp³-hybridized carbons (Fsp3) is 0.391. The topological polar surface area (TPSA) is 67.6 Å². The third-order valence-corrected chi connectivity index (χ3v) is 5.98. The Morgan fingerprint density at radius 1 is 1.17 bits per heavy atom. The first-order valence-electron chi connectivity index (χ1n) is 10.0. The zero-order chi connectivity index (χ0) is 20.4.